The van der Waals surface area contributed by atoms with E-state index < -0.39 is 0 Å². The van der Waals surface area contributed by atoms with Gasteiger partial charge in [0.25, 0.3) is 6.39 Å². The lowest BCUT2D eigenvalue weighted by Gasteiger charge is -2.03. The number of hydrogen-bond acceptors (Lipinski definition) is 3. The minimum atomic E-state index is 0.812. The summed E-state index contributed by atoms with van der Waals surface area (Å²) in [5.74, 6) is 0. The molecule has 49 valence electrons. The van der Waals surface area contributed by atoms with E-state index in [1.165, 1.54) is 0 Å². The maximum atomic E-state index is 4.65. The Morgan fingerprint density at radius 2 is 2.56 bits per heavy atom. The molecule has 0 fully saturated rings. The Kier molecular flexibility index (Phi) is 1.85. The Morgan fingerprint density at radius 1 is 1.78 bits per heavy atom. The molecule has 0 atom stereocenters. The molecule has 0 aliphatic carbocycles. The minimum absolute atomic E-state index is 0.812. The summed E-state index contributed by atoms with van der Waals surface area (Å²) in [4.78, 5) is 5.84. The van der Waals surface area contributed by atoms with Gasteiger partial charge < -0.3 is 9.32 Å². The summed E-state index contributed by atoms with van der Waals surface area (Å²) < 4.78 is 4.65. The first-order valence-electron chi connectivity index (χ1n) is 2.74. The Labute approximate surface area is 54.3 Å². The molecule has 0 N–H and O–H groups in total. The molecule has 3 nitrogen and oxygen atoms in total. The first-order chi connectivity index (χ1) is 4.29. The van der Waals surface area contributed by atoms with Crippen molar-refractivity contribution in [3.8, 4) is 0 Å². The first kappa shape index (κ1) is 6.29. The second kappa shape index (κ2) is 2.64. The van der Waals surface area contributed by atoms with Crippen LogP contribution in [0, 0.1) is 6.39 Å². The minimum Gasteiger partial charge on any atom is -0.441 e. The van der Waals surface area contributed by atoms with Gasteiger partial charge in [-0.1, -0.05) is 0 Å². The van der Waals surface area contributed by atoms with Crippen LogP contribution in [-0.4, -0.2) is 24.0 Å². The van der Waals surface area contributed by atoms with E-state index in [9.17, 15) is 0 Å². The highest BCUT2D eigenvalue weighted by Gasteiger charge is 1.95. The maximum Gasteiger partial charge on any atom is 0.283 e. The van der Waals surface area contributed by atoms with Crippen molar-refractivity contribution in [3.63, 3.8) is 0 Å². The van der Waals surface area contributed by atoms with Crippen LogP contribution in [0.1, 0.15) is 5.69 Å². The van der Waals surface area contributed by atoms with Crippen molar-refractivity contribution in [2.45, 2.75) is 6.54 Å². The van der Waals surface area contributed by atoms with Gasteiger partial charge in [-0.15, -0.1) is 0 Å². The van der Waals surface area contributed by atoms with E-state index in [1.807, 2.05) is 19.0 Å². The maximum absolute atomic E-state index is 4.65. The largest absolute Gasteiger partial charge is 0.441 e. The van der Waals surface area contributed by atoms with Crippen LogP contribution in [0.15, 0.2) is 10.7 Å². The lowest BCUT2D eigenvalue weighted by atomic mass is 10.5. The summed E-state index contributed by atoms with van der Waals surface area (Å²) in [6.07, 6.45) is 3.98. The predicted octanol–water partition coefficient (Wildman–Crippen LogP) is 0.536. The molecule has 9 heavy (non-hydrogen) atoms. The van der Waals surface area contributed by atoms with E-state index in [1.54, 1.807) is 6.26 Å². The third kappa shape index (κ3) is 1.85. The van der Waals surface area contributed by atoms with Gasteiger partial charge in [0.2, 0.25) is 0 Å². The molecule has 0 aliphatic rings. The van der Waals surface area contributed by atoms with Crippen LogP contribution in [0.2, 0.25) is 0 Å². The molecule has 1 aromatic heterocycles. The summed E-state index contributed by atoms with van der Waals surface area (Å²) in [5.41, 5.74) is 0.917. The summed E-state index contributed by atoms with van der Waals surface area (Å²) in [5, 5.41) is 0. The van der Waals surface area contributed by atoms with E-state index in [0.29, 0.717) is 0 Å². The van der Waals surface area contributed by atoms with Crippen LogP contribution in [0.4, 0.5) is 0 Å². The van der Waals surface area contributed by atoms with Crippen LogP contribution in [0.5, 0.6) is 0 Å². The third-order valence-electron chi connectivity index (χ3n) is 0.915. The smallest absolute Gasteiger partial charge is 0.283 e. The molecule has 1 rings (SSSR count). The van der Waals surface area contributed by atoms with Crippen molar-refractivity contribution in [1.29, 1.82) is 0 Å². The van der Waals surface area contributed by atoms with E-state index in [2.05, 4.69) is 15.8 Å². The topological polar surface area (TPSA) is 29.3 Å². The zero-order chi connectivity index (χ0) is 6.69. The summed E-state index contributed by atoms with van der Waals surface area (Å²) >= 11 is 0. The average Bonchev–Trinajstić information content (AvgIpc) is 2.15. The number of aromatic nitrogens is 1. The van der Waals surface area contributed by atoms with Gasteiger partial charge in [0.05, 0.1) is 5.69 Å². The molecular weight excluding hydrogens is 116 g/mol. The molecule has 0 spiro atoms. The van der Waals surface area contributed by atoms with Gasteiger partial charge in [-0.3, -0.25) is 0 Å². The third-order valence-corrected chi connectivity index (χ3v) is 0.915. The molecule has 0 saturated carbocycles. The Morgan fingerprint density at radius 3 is 3.00 bits per heavy atom. The highest BCUT2D eigenvalue weighted by atomic mass is 16.3. The van der Waals surface area contributed by atoms with Gasteiger partial charge >= 0.3 is 0 Å². The summed E-state index contributed by atoms with van der Waals surface area (Å²) in [6.45, 7) is 0.812. The normalized spacial score (nSPS) is 10.6. The van der Waals surface area contributed by atoms with Crippen molar-refractivity contribution in [2.75, 3.05) is 14.1 Å². The fourth-order valence-corrected chi connectivity index (χ4v) is 0.602. The van der Waals surface area contributed by atoms with Crippen LogP contribution in [0.3, 0.4) is 0 Å². The molecule has 1 heterocycles. The van der Waals surface area contributed by atoms with Crippen LogP contribution >= 0.6 is 0 Å². The van der Waals surface area contributed by atoms with Crippen LogP contribution in [0.25, 0.3) is 0 Å². The van der Waals surface area contributed by atoms with Gasteiger partial charge in [0.15, 0.2) is 0 Å². The lowest BCUT2D eigenvalue weighted by Crippen LogP contribution is -2.10. The number of nitrogens with zero attached hydrogens (tertiary/aromatic N) is 2. The fourth-order valence-electron chi connectivity index (χ4n) is 0.602. The molecule has 1 aromatic rings. The van der Waals surface area contributed by atoms with E-state index in [0.717, 1.165) is 12.2 Å². The summed E-state index contributed by atoms with van der Waals surface area (Å²) in [6, 6.07) is 0. The Bertz CT molecular complexity index is 158. The molecule has 0 aliphatic heterocycles. The molecule has 0 saturated heterocycles. The zero-order valence-corrected chi connectivity index (χ0v) is 5.59. The zero-order valence-electron chi connectivity index (χ0n) is 5.59. The van der Waals surface area contributed by atoms with Crippen molar-refractivity contribution in [1.82, 2.24) is 9.88 Å². The van der Waals surface area contributed by atoms with Crippen molar-refractivity contribution in [3.05, 3.63) is 18.4 Å². The van der Waals surface area contributed by atoms with Gasteiger partial charge in [0, 0.05) is 6.54 Å². The van der Waals surface area contributed by atoms with Crippen molar-refractivity contribution < 1.29 is 4.42 Å². The van der Waals surface area contributed by atoms with E-state index >= 15 is 0 Å². The van der Waals surface area contributed by atoms with Crippen LogP contribution < -0.4 is 0 Å². The molecular formula is C6H9N2O. The van der Waals surface area contributed by atoms with E-state index in [-0.39, 0.29) is 0 Å². The second-order valence-corrected chi connectivity index (χ2v) is 2.17. The number of hydrogen-bond donors (Lipinski definition) is 0. The van der Waals surface area contributed by atoms with Gasteiger partial charge in [-0.2, -0.15) is 0 Å². The monoisotopic (exact) mass is 125 g/mol. The van der Waals surface area contributed by atoms with Crippen molar-refractivity contribution >= 4 is 0 Å². The van der Waals surface area contributed by atoms with Gasteiger partial charge in [-0.05, 0) is 14.1 Å². The van der Waals surface area contributed by atoms with E-state index in [4.69, 9.17) is 0 Å². The fraction of sp³-hybridized carbons (Fsp3) is 0.500. The summed E-state index contributed by atoms with van der Waals surface area (Å²) in [7, 11) is 3.96. The quantitative estimate of drug-likeness (QED) is 0.577. The molecule has 0 aromatic carbocycles. The Hall–Kier alpha value is -0.830. The number of rotatable bonds is 2. The van der Waals surface area contributed by atoms with Crippen LogP contribution in [-0.2, 0) is 6.54 Å². The average molecular weight is 125 g/mol. The molecule has 3 heteroatoms. The lowest BCUT2D eigenvalue weighted by molar-refractivity contribution is 0.396. The highest BCUT2D eigenvalue weighted by molar-refractivity contribution is 4.88. The Balaban J connectivity index is 2.48. The predicted molar refractivity (Wildman–Crippen MR) is 32.7 cm³/mol. The van der Waals surface area contributed by atoms with Crippen molar-refractivity contribution in [2.24, 2.45) is 0 Å². The second-order valence-electron chi connectivity index (χ2n) is 2.17. The molecule has 0 unspecified atom stereocenters. The van der Waals surface area contributed by atoms with Gasteiger partial charge in [-0.25, -0.2) is 4.98 Å². The number of oxazole rings is 1. The molecule has 1 radical (unpaired) electrons. The molecule has 0 bridgehead atoms. The standard InChI is InChI=1S/C6H9N2O/c1-8(2)3-6-4-9-5-7-6/h4H,3H2,1-2H3. The SMILES string of the molecule is CN(C)Cc1co[c]n1. The highest BCUT2D eigenvalue weighted by Crippen LogP contribution is 1.95. The molecule has 0 amide bonds. The first-order valence-corrected chi connectivity index (χ1v) is 2.74. The van der Waals surface area contributed by atoms with Gasteiger partial charge in [0.1, 0.15) is 6.26 Å².